The summed E-state index contributed by atoms with van der Waals surface area (Å²) in [4.78, 5) is 8.26. The molecule has 1 aliphatic rings. The highest BCUT2D eigenvalue weighted by Crippen LogP contribution is 2.17. The van der Waals surface area contributed by atoms with E-state index < -0.39 is 0 Å². The molecule has 2 atom stereocenters. The third kappa shape index (κ3) is 6.42. The SMILES string of the molecule is CN=C(NCC(C)Cc1cccs1)N1CCC(COCCOC)C1. The maximum atomic E-state index is 5.67. The summed E-state index contributed by atoms with van der Waals surface area (Å²) in [5, 5.41) is 5.69. The minimum atomic E-state index is 0.587. The first-order chi connectivity index (χ1) is 11.7. The number of methoxy groups -OCH3 is 1. The van der Waals surface area contributed by atoms with Gasteiger partial charge in [0.25, 0.3) is 0 Å². The van der Waals surface area contributed by atoms with Crippen LogP contribution >= 0.6 is 11.3 Å². The maximum absolute atomic E-state index is 5.67. The minimum Gasteiger partial charge on any atom is -0.382 e. The van der Waals surface area contributed by atoms with Crippen LogP contribution in [0.3, 0.4) is 0 Å². The average Bonchev–Trinajstić information content (AvgIpc) is 3.24. The number of aliphatic imine (C=N–C) groups is 1. The van der Waals surface area contributed by atoms with Crippen molar-refractivity contribution in [1.82, 2.24) is 10.2 Å². The van der Waals surface area contributed by atoms with E-state index in [1.165, 1.54) is 11.3 Å². The molecule has 24 heavy (non-hydrogen) atoms. The Bertz CT molecular complexity index is 479. The first-order valence-electron chi connectivity index (χ1n) is 8.77. The van der Waals surface area contributed by atoms with Gasteiger partial charge in [0.05, 0.1) is 19.8 Å². The van der Waals surface area contributed by atoms with Gasteiger partial charge in [-0.3, -0.25) is 4.99 Å². The molecule has 0 aromatic carbocycles. The fourth-order valence-corrected chi connectivity index (χ4v) is 3.87. The third-order valence-corrected chi connectivity index (χ3v) is 5.22. The van der Waals surface area contributed by atoms with E-state index in [0.29, 0.717) is 25.0 Å². The van der Waals surface area contributed by atoms with Crippen LogP contribution in [-0.4, -0.2) is 64.5 Å². The number of rotatable bonds is 9. The molecule has 5 nitrogen and oxygen atoms in total. The highest BCUT2D eigenvalue weighted by atomic mass is 32.1. The molecule has 2 unspecified atom stereocenters. The second-order valence-corrected chi connectivity index (χ2v) is 7.52. The van der Waals surface area contributed by atoms with Gasteiger partial charge in [-0.1, -0.05) is 13.0 Å². The van der Waals surface area contributed by atoms with Gasteiger partial charge >= 0.3 is 0 Å². The molecule has 136 valence electrons. The first kappa shape index (κ1) is 19.2. The molecular weight excluding hydrogens is 322 g/mol. The largest absolute Gasteiger partial charge is 0.382 e. The number of guanidine groups is 1. The molecule has 0 aliphatic carbocycles. The Morgan fingerprint density at radius 2 is 2.38 bits per heavy atom. The summed E-state index contributed by atoms with van der Waals surface area (Å²) in [6.07, 6.45) is 2.29. The fraction of sp³-hybridized carbons (Fsp3) is 0.722. The molecule has 1 aromatic heterocycles. The Labute approximate surface area is 150 Å². The molecule has 1 aliphatic heterocycles. The summed E-state index contributed by atoms with van der Waals surface area (Å²) in [5.41, 5.74) is 0. The van der Waals surface area contributed by atoms with Gasteiger partial charge in [0.2, 0.25) is 0 Å². The lowest BCUT2D eigenvalue weighted by molar-refractivity contribution is 0.0536. The predicted molar refractivity (Wildman–Crippen MR) is 101 cm³/mol. The molecule has 2 rings (SSSR count). The van der Waals surface area contributed by atoms with Gasteiger partial charge in [0.15, 0.2) is 5.96 Å². The van der Waals surface area contributed by atoms with Crippen molar-refractivity contribution in [2.24, 2.45) is 16.8 Å². The highest BCUT2D eigenvalue weighted by molar-refractivity contribution is 7.09. The molecule has 0 saturated carbocycles. The van der Waals surface area contributed by atoms with E-state index in [0.717, 1.165) is 38.6 Å². The number of likely N-dealkylation sites (tertiary alicyclic amines) is 1. The molecule has 0 spiro atoms. The Hall–Kier alpha value is -1.11. The topological polar surface area (TPSA) is 46.1 Å². The molecule has 1 fully saturated rings. The van der Waals surface area contributed by atoms with Crippen LogP contribution in [-0.2, 0) is 15.9 Å². The van der Waals surface area contributed by atoms with Gasteiger partial charge in [-0.15, -0.1) is 11.3 Å². The van der Waals surface area contributed by atoms with Crippen LogP contribution in [0, 0.1) is 11.8 Å². The molecule has 1 aromatic rings. The van der Waals surface area contributed by atoms with Crippen LogP contribution in [0.1, 0.15) is 18.2 Å². The van der Waals surface area contributed by atoms with E-state index in [1.54, 1.807) is 7.11 Å². The predicted octanol–water partition coefficient (Wildman–Crippen LogP) is 2.49. The zero-order valence-corrected chi connectivity index (χ0v) is 16.0. The van der Waals surface area contributed by atoms with Gasteiger partial charge in [0.1, 0.15) is 0 Å². The minimum absolute atomic E-state index is 0.587. The molecule has 0 amide bonds. The quantitative estimate of drug-likeness (QED) is 0.421. The molecule has 0 bridgehead atoms. The molecule has 1 N–H and O–H groups in total. The lowest BCUT2D eigenvalue weighted by Gasteiger charge is -2.23. The molecule has 6 heteroatoms. The van der Waals surface area contributed by atoms with Gasteiger partial charge in [-0.05, 0) is 30.2 Å². The van der Waals surface area contributed by atoms with Crippen molar-refractivity contribution in [3.05, 3.63) is 22.4 Å². The average molecular weight is 354 g/mol. The number of hydrogen-bond acceptors (Lipinski definition) is 4. The number of nitrogens with one attached hydrogen (secondary N) is 1. The Balaban J connectivity index is 1.68. The van der Waals surface area contributed by atoms with Crippen LogP contribution < -0.4 is 5.32 Å². The van der Waals surface area contributed by atoms with Gasteiger partial charge in [0, 0.05) is 44.6 Å². The summed E-state index contributed by atoms with van der Waals surface area (Å²) in [6.45, 7) is 7.48. The Morgan fingerprint density at radius 1 is 1.50 bits per heavy atom. The second-order valence-electron chi connectivity index (χ2n) is 6.49. The van der Waals surface area contributed by atoms with E-state index in [4.69, 9.17) is 9.47 Å². The van der Waals surface area contributed by atoms with Crippen molar-refractivity contribution < 1.29 is 9.47 Å². The summed E-state index contributed by atoms with van der Waals surface area (Å²) in [6, 6.07) is 4.34. The summed E-state index contributed by atoms with van der Waals surface area (Å²) >= 11 is 1.84. The number of nitrogens with zero attached hydrogens (tertiary/aromatic N) is 2. The highest BCUT2D eigenvalue weighted by Gasteiger charge is 2.25. The second kappa shape index (κ2) is 10.7. The van der Waals surface area contributed by atoms with Crippen LogP contribution in [0.2, 0.25) is 0 Å². The van der Waals surface area contributed by atoms with Crippen molar-refractivity contribution in [3.8, 4) is 0 Å². The van der Waals surface area contributed by atoms with Gasteiger partial charge in [-0.25, -0.2) is 0 Å². The standard InChI is InChI=1S/C18H31N3O2S/c1-15(11-17-5-4-10-24-17)12-20-18(19-2)21-7-6-16(13-21)14-23-9-8-22-3/h4-5,10,15-16H,6-9,11-14H2,1-3H3,(H,19,20). The zero-order chi connectivity index (χ0) is 17.2. The molecular formula is C18H31N3O2S. The van der Waals surface area contributed by atoms with Crippen molar-refractivity contribution >= 4 is 17.3 Å². The van der Waals surface area contributed by atoms with Crippen LogP contribution in [0.25, 0.3) is 0 Å². The summed E-state index contributed by atoms with van der Waals surface area (Å²) in [5.74, 6) is 2.20. The Kier molecular flexibility index (Phi) is 8.56. The summed E-state index contributed by atoms with van der Waals surface area (Å²) < 4.78 is 10.7. The lowest BCUT2D eigenvalue weighted by Crippen LogP contribution is -2.42. The van der Waals surface area contributed by atoms with Crippen LogP contribution in [0.15, 0.2) is 22.5 Å². The monoisotopic (exact) mass is 353 g/mol. The lowest BCUT2D eigenvalue weighted by atomic mass is 10.1. The van der Waals surface area contributed by atoms with Gasteiger partial charge < -0.3 is 19.7 Å². The van der Waals surface area contributed by atoms with E-state index >= 15 is 0 Å². The van der Waals surface area contributed by atoms with Crippen LogP contribution in [0.4, 0.5) is 0 Å². The number of thiophene rings is 1. The third-order valence-electron chi connectivity index (χ3n) is 4.32. The number of hydrogen-bond donors (Lipinski definition) is 1. The van der Waals surface area contributed by atoms with Crippen molar-refractivity contribution in [2.75, 3.05) is 53.6 Å². The van der Waals surface area contributed by atoms with E-state index in [-0.39, 0.29) is 0 Å². The van der Waals surface area contributed by atoms with Crippen molar-refractivity contribution in [3.63, 3.8) is 0 Å². The van der Waals surface area contributed by atoms with Gasteiger partial charge in [-0.2, -0.15) is 0 Å². The summed E-state index contributed by atoms with van der Waals surface area (Å²) in [7, 11) is 3.57. The molecule has 1 saturated heterocycles. The van der Waals surface area contributed by atoms with Crippen LogP contribution in [0.5, 0.6) is 0 Å². The first-order valence-corrected chi connectivity index (χ1v) is 9.65. The molecule has 0 radical (unpaired) electrons. The zero-order valence-electron chi connectivity index (χ0n) is 15.2. The maximum Gasteiger partial charge on any atom is 0.193 e. The normalized spacial score (nSPS) is 19.7. The van der Waals surface area contributed by atoms with Crippen molar-refractivity contribution in [2.45, 2.75) is 19.8 Å². The Morgan fingerprint density at radius 3 is 3.08 bits per heavy atom. The van der Waals surface area contributed by atoms with E-state index in [9.17, 15) is 0 Å². The number of ether oxygens (including phenoxy) is 2. The van der Waals surface area contributed by atoms with E-state index in [1.807, 2.05) is 18.4 Å². The smallest absolute Gasteiger partial charge is 0.193 e. The molecule has 2 heterocycles. The van der Waals surface area contributed by atoms with E-state index in [2.05, 4.69) is 39.6 Å². The fourth-order valence-electron chi connectivity index (χ4n) is 3.00. The van der Waals surface area contributed by atoms with Crippen molar-refractivity contribution in [1.29, 1.82) is 0 Å².